The van der Waals surface area contributed by atoms with Crippen LogP contribution in [0.15, 0.2) is 24.3 Å². The zero-order valence-electron chi connectivity index (χ0n) is 7.11. The molecule has 0 aliphatic rings. The number of alkyl halides is 3. The molecule has 0 unspecified atom stereocenters. The van der Waals surface area contributed by atoms with Gasteiger partial charge in [0.25, 0.3) is 0 Å². The predicted molar refractivity (Wildman–Crippen MR) is 59.5 cm³/mol. The van der Waals surface area contributed by atoms with E-state index in [9.17, 15) is 13.2 Å². The van der Waals surface area contributed by atoms with Gasteiger partial charge in [0.15, 0.2) is 0 Å². The van der Waals surface area contributed by atoms with Gasteiger partial charge in [0.1, 0.15) is 0 Å². The number of rotatable bonds is 0. The van der Waals surface area contributed by atoms with Crippen molar-refractivity contribution in [1.82, 2.24) is 0 Å². The van der Waals surface area contributed by atoms with Gasteiger partial charge >= 0.3 is 22.2 Å². The van der Waals surface area contributed by atoms with Crippen LogP contribution in [-0.2, 0) is 6.18 Å². The molecule has 75 valence electrons. The van der Waals surface area contributed by atoms with Crippen molar-refractivity contribution in [2.24, 2.45) is 0 Å². The average Bonchev–Trinajstić information content (AvgIpc) is 2.04. The summed E-state index contributed by atoms with van der Waals surface area (Å²) in [4.78, 5) is 0. The van der Waals surface area contributed by atoms with Crippen molar-refractivity contribution >= 4 is 41.8 Å². The SMILES string of the molecule is [Br][Mg][Br].[CH2]c1cccc(C(F)(F)F)c1. The van der Waals surface area contributed by atoms with Crippen LogP contribution in [0.3, 0.4) is 0 Å². The molecule has 0 saturated heterocycles. The maximum absolute atomic E-state index is 11.9. The molecule has 1 radical (unpaired) electrons. The first-order valence-corrected chi connectivity index (χ1v) is 11.3. The zero-order valence-corrected chi connectivity index (χ0v) is 11.7. The van der Waals surface area contributed by atoms with Crippen LogP contribution in [0.4, 0.5) is 13.2 Å². The van der Waals surface area contributed by atoms with E-state index in [2.05, 4.69) is 32.7 Å². The molecule has 0 fully saturated rings. The van der Waals surface area contributed by atoms with Gasteiger partial charge in [-0.2, -0.15) is 13.2 Å². The lowest BCUT2D eigenvalue weighted by Gasteiger charge is -2.05. The topological polar surface area (TPSA) is 0 Å². The molecule has 0 saturated carbocycles. The van der Waals surface area contributed by atoms with Gasteiger partial charge in [-0.25, -0.2) is 0 Å². The lowest BCUT2D eigenvalue weighted by molar-refractivity contribution is -0.137. The Bertz CT molecular complexity index is 276. The standard InChI is InChI=1S/C8H6F3.2BrH.Mg/c1-6-3-2-4-7(5-6)8(9,10)11;;;/h2-5H,1H2;2*1H;/q;;;+2/p-2. The van der Waals surface area contributed by atoms with Crippen molar-refractivity contribution in [2.75, 3.05) is 0 Å². The van der Waals surface area contributed by atoms with E-state index in [-0.39, 0.29) is 16.0 Å². The second-order valence-electron chi connectivity index (χ2n) is 2.30. The summed E-state index contributed by atoms with van der Waals surface area (Å²) in [5.74, 6) is 0. The Morgan fingerprint density at radius 1 is 1.21 bits per heavy atom. The van der Waals surface area contributed by atoms with Crippen molar-refractivity contribution in [3.63, 3.8) is 0 Å². The Hall–Kier alpha value is 0.736. The summed E-state index contributed by atoms with van der Waals surface area (Å²) in [6.45, 7) is 3.39. The lowest BCUT2D eigenvalue weighted by atomic mass is 10.1. The third kappa shape index (κ3) is 6.26. The first-order chi connectivity index (χ1) is 6.41. The minimum absolute atomic E-state index is 0.0417. The van der Waals surface area contributed by atoms with Crippen LogP contribution in [0.2, 0.25) is 0 Å². The third-order valence-corrected chi connectivity index (χ3v) is 1.25. The van der Waals surface area contributed by atoms with E-state index in [0.717, 1.165) is 12.1 Å². The van der Waals surface area contributed by atoms with Gasteiger partial charge in [-0.1, -0.05) is 18.2 Å². The van der Waals surface area contributed by atoms with Crippen LogP contribution in [0.1, 0.15) is 11.1 Å². The molecule has 0 N–H and O–H groups in total. The summed E-state index contributed by atoms with van der Waals surface area (Å²) in [5.41, 5.74) is -0.273. The van der Waals surface area contributed by atoms with Gasteiger partial charge in [-0.3, -0.25) is 25.8 Å². The van der Waals surface area contributed by atoms with E-state index in [1.165, 1.54) is 12.1 Å². The smallest absolute Gasteiger partial charge is 0.280 e. The summed E-state index contributed by atoms with van der Waals surface area (Å²) >= 11 is 6.44. The first kappa shape index (κ1) is 14.7. The van der Waals surface area contributed by atoms with E-state index in [1.54, 1.807) is 0 Å². The molecular weight excluding hydrogens is 337 g/mol. The van der Waals surface area contributed by atoms with E-state index in [0.29, 0.717) is 5.56 Å². The van der Waals surface area contributed by atoms with Crippen molar-refractivity contribution in [2.45, 2.75) is 6.18 Å². The minimum atomic E-state index is -4.26. The fourth-order valence-electron chi connectivity index (χ4n) is 0.748. The molecule has 1 aromatic rings. The van der Waals surface area contributed by atoms with Gasteiger partial charge in [0.2, 0.25) is 0 Å². The molecule has 0 nitrogen and oxygen atoms in total. The minimum Gasteiger partial charge on any atom is -0.280 e. The van der Waals surface area contributed by atoms with Crippen molar-refractivity contribution in [3.8, 4) is 0 Å². The van der Waals surface area contributed by atoms with Crippen LogP contribution < -0.4 is 0 Å². The van der Waals surface area contributed by atoms with E-state index in [4.69, 9.17) is 0 Å². The maximum Gasteiger partial charge on any atom is 0.560 e. The van der Waals surface area contributed by atoms with Crippen LogP contribution in [0.5, 0.6) is 0 Å². The molecular formula is C8H6Br2F3Mg. The fourth-order valence-corrected chi connectivity index (χ4v) is 0.748. The maximum atomic E-state index is 11.9. The monoisotopic (exact) mass is 341 g/mol. The second kappa shape index (κ2) is 7.08. The van der Waals surface area contributed by atoms with Crippen LogP contribution in [0, 0.1) is 6.92 Å². The van der Waals surface area contributed by atoms with Gasteiger partial charge < -0.3 is 0 Å². The Morgan fingerprint density at radius 3 is 2.00 bits per heavy atom. The van der Waals surface area contributed by atoms with Crippen LogP contribution in [0.25, 0.3) is 0 Å². The van der Waals surface area contributed by atoms with Crippen LogP contribution in [-0.4, -0.2) is 16.0 Å². The molecule has 14 heavy (non-hydrogen) atoms. The highest BCUT2D eigenvalue weighted by Gasteiger charge is 2.29. The average molecular weight is 343 g/mol. The molecule has 1 aromatic carbocycles. The molecule has 0 aromatic heterocycles. The van der Waals surface area contributed by atoms with Crippen LogP contribution >= 0.6 is 25.8 Å². The molecule has 0 heterocycles. The summed E-state index contributed by atoms with van der Waals surface area (Å²) in [6.07, 6.45) is -4.26. The van der Waals surface area contributed by atoms with Crippen molar-refractivity contribution < 1.29 is 13.2 Å². The van der Waals surface area contributed by atoms with Gasteiger partial charge in [0.05, 0.1) is 5.56 Å². The number of halogens is 5. The lowest BCUT2D eigenvalue weighted by Crippen LogP contribution is -2.04. The Morgan fingerprint density at radius 2 is 1.71 bits per heavy atom. The molecule has 6 heteroatoms. The second-order valence-corrected chi connectivity index (χ2v) is 10.4. The van der Waals surface area contributed by atoms with Crippen molar-refractivity contribution in [1.29, 1.82) is 0 Å². The fraction of sp³-hybridized carbons (Fsp3) is 0.125. The number of hydrogen-bond acceptors (Lipinski definition) is 0. The van der Waals surface area contributed by atoms with Gasteiger partial charge in [0, 0.05) is 0 Å². The molecule has 1 rings (SSSR count). The number of benzene rings is 1. The zero-order chi connectivity index (χ0) is 11.2. The molecule has 0 amide bonds. The molecule has 0 aliphatic carbocycles. The largest absolute Gasteiger partial charge is 0.560 e. The molecule has 0 atom stereocenters. The summed E-state index contributed by atoms with van der Waals surface area (Å²) in [7, 11) is 0. The Kier molecular flexibility index (Phi) is 7.46. The highest BCUT2D eigenvalue weighted by Crippen LogP contribution is 2.29. The molecule has 0 aliphatic heterocycles. The summed E-state index contributed by atoms with van der Waals surface area (Å²) in [6, 6.07) is 4.90. The van der Waals surface area contributed by atoms with E-state index >= 15 is 0 Å². The summed E-state index contributed by atoms with van der Waals surface area (Å²) in [5, 5.41) is 0. The third-order valence-electron chi connectivity index (χ3n) is 1.25. The van der Waals surface area contributed by atoms with Gasteiger partial charge in [-0.15, -0.1) is 0 Å². The van der Waals surface area contributed by atoms with Gasteiger partial charge in [-0.05, 0) is 18.6 Å². The molecule has 0 bridgehead atoms. The molecule has 0 spiro atoms. The highest BCUT2D eigenvalue weighted by molar-refractivity contribution is 9.47. The summed E-state index contributed by atoms with van der Waals surface area (Å²) < 4.78 is 35.8. The Balaban J connectivity index is 0.000000500. The Labute approximate surface area is 103 Å². The first-order valence-electron chi connectivity index (χ1n) is 3.53. The highest BCUT2D eigenvalue weighted by atomic mass is 79.9. The van der Waals surface area contributed by atoms with E-state index in [1.807, 2.05) is 0 Å². The van der Waals surface area contributed by atoms with E-state index < -0.39 is 11.7 Å². The quantitative estimate of drug-likeness (QED) is 0.620. The number of hydrogen-bond donors (Lipinski definition) is 0. The van der Waals surface area contributed by atoms with Crippen molar-refractivity contribution in [3.05, 3.63) is 42.3 Å². The predicted octanol–water partition coefficient (Wildman–Crippen LogP) is 4.20. The normalized spacial score (nSPS) is 9.86.